The first kappa shape index (κ1) is 41.9. The van der Waals surface area contributed by atoms with Crippen molar-refractivity contribution < 1.29 is 68.8 Å². The molecule has 0 bridgehead atoms. The number of nitrogen functional groups attached to an aromatic ring is 1. The number of nitrogens with zero attached hydrogens (tertiary/aromatic N) is 6. The molecule has 23 nitrogen and oxygen atoms in total. The van der Waals surface area contributed by atoms with Gasteiger partial charge in [0.15, 0.2) is 33.8 Å². The van der Waals surface area contributed by atoms with E-state index in [1.807, 2.05) is 0 Å². The van der Waals surface area contributed by atoms with E-state index in [9.17, 15) is 64.0 Å². The highest BCUT2D eigenvalue weighted by Crippen LogP contribution is 2.52. The van der Waals surface area contributed by atoms with Crippen LogP contribution in [0.4, 0.5) is 5.13 Å². The van der Waals surface area contributed by atoms with Crippen LogP contribution in [0, 0.1) is 5.92 Å². The Bertz CT molecular complexity index is 2150. The summed E-state index contributed by atoms with van der Waals surface area (Å²) in [5.41, 5.74) is 4.65. The molecule has 1 unspecified atom stereocenters. The van der Waals surface area contributed by atoms with Crippen molar-refractivity contribution in [2.45, 2.75) is 42.5 Å². The minimum atomic E-state index is -2.16. The molecule has 26 heteroatoms. The quantitative estimate of drug-likeness (QED) is 0.0259. The number of oxime groups is 2. The Morgan fingerprint density at radius 1 is 1.11 bits per heavy atom. The molecule has 0 saturated carbocycles. The van der Waals surface area contributed by atoms with Gasteiger partial charge in [0.25, 0.3) is 5.91 Å². The number of Topliss-reactive ketones (excluding diaryl/α,β-unsaturated/α-hetero) is 1. The third-order valence-corrected chi connectivity index (χ3v) is 11.6. The molecule has 0 spiro atoms. The zero-order valence-electron chi connectivity index (χ0n) is 29.5. The molecule has 3 atom stereocenters. The van der Waals surface area contributed by atoms with Gasteiger partial charge in [-0.25, -0.2) is 19.6 Å². The highest BCUT2D eigenvalue weighted by atomic mass is 35.5. The molecule has 0 radical (unpaired) electrons. The lowest BCUT2D eigenvalue weighted by molar-refractivity contribution is -0.168. The maximum atomic E-state index is 13.5. The van der Waals surface area contributed by atoms with Gasteiger partial charge < -0.3 is 51.3 Å². The summed E-state index contributed by atoms with van der Waals surface area (Å²) in [5, 5.41) is 57.9. The molecule has 4 heterocycles. The lowest BCUT2D eigenvalue weighted by atomic mass is 9.90. The summed E-state index contributed by atoms with van der Waals surface area (Å²) in [6.45, 7) is 0.650. The number of carboxylic acid groups (broad SMARTS) is 2. The van der Waals surface area contributed by atoms with E-state index in [2.05, 4.69) is 26.0 Å². The second-order valence-corrected chi connectivity index (χ2v) is 15.6. The van der Waals surface area contributed by atoms with E-state index in [0.29, 0.717) is 16.8 Å². The average molecular weight is 854 g/mol. The van der Waals surface area contributed by atoms with Crippen LogP contribution in [0.2, 0.25) is 5.02 Å². The van der Waals surface area contributed by atoms with Gasteiger partial charge in [-0.2, -0.15) is 0 Å². The number of carboxylic acids is 2. The number of carbonyl (C=O) groups is 8. The predicted octanol–water partition coefficient (Wildman–Crippen LogP) is -1.27. The van der Waals surface area contributed by atoms with Crippen LogP contribution < -0.4 is 16.5 Å². The molecule has 3 saturated heterocycles. The number of hydrogen-bond donors (Lipinski definition) is 8. The first-order valence-electron chi connectivity index (χ1n) is 16.3. The molecule has 57 heavy (non-hydrogen) atoms. The van der Waals surface area contributed by atoms with Crippen LogP contribution in [0.25, 0.3) is 0 Å². The molecule has 3 fully saturated rings. The molecule has 304 valence electrons. The van der Waals surface area contributed by atoms with Crippen molar-refractivity contribution in [3.05, 3.63) is 33.8 Å². The number of rotatable bonds is 15. The SMILES string of the molecule is CC(C)(O/N=C(\C(=O)CC1C(=O)N2C[C@@](C(=O)O)(N3CCN(NC(=O)CCNC(=O)/C(=N/O)c4ccc(O)c(O)c4Cl)C(=O)C3=O)S[C@H]12)c1csc(N)n1)C(=O)O. The van der Waals surface area contributed by atoms with Crippen molar-refractivity contribution in [3.8, 4) is 11.5 Å². The molecule has 5 rings (SSSR count). The van der Waals surface area contributed by atoms with Gasteiger partial charge in [0.2, 0.25) is 22.3 Å². The number of ketones is 1. The number of fused-ring (bicyclic) bond motifs is 1. The zero-order valence-corrected chi connectivity index (χ0v) is 31.9. The van der Waals surface area contributed by atoms with E-state index < -0.39 is 123 Å². The van der Waals surface area contributed by atoms with Gasteiger partial charge in [0.05, 0.1) is 29.4 Å². The monoisotopic (exact) mass is 853 g/mol. The highest BCUT2D eigenvalue weighted by molar-refractivity contribution is 8.02. The number of carbonyl (C=O) groups excluding carboxylic acids is 6. The molecule has 1 aromatic heterocycles. The number of hydrazine groups is 1. The van der Waals surface area contributed by atoms with Gasteiger partial charge in [-0.05, 0) is 26.0 Å². The van der Waals surface area contributed by atoms with Gasteiger partial charge in [-0.1, -0.05) is 33.7 Å². The Morgan fingerprint density at radius 3 is 2.42 bits per heavy atom. The number of aliphatic carboxylic acids is 2. The van der Waals surface area contributed by atoms with E-state index in [-0.39, 0.29) is 29.5 Å². The smallest absolute Gasteiger partial charge is 0.350 e. The Balaban J connectivity index is 1.20. The number of piperazine rings is 1. The van der Waals surface area contributed by atoms with Crippen molar-refractivity contribution in [3.63, 3.8) is 0 Å². The summed E-state index contributed by atoms with van der Waals surface area (Å²) in [6, 6.07) is 2.09. The highest BCUT2D eigenvalue weighted by Gasteiger charge is 2.66. The number of amides is 5. The fourth-order valence-electron chi connectivity index (χ4n) is 5.70. The third-order valence-electron chi connectivity index (χ3n) is 8.82. The summed E-state index contributed by atoms with van der Waals surface area (Å²) >= 11 is 7.54. The van der Waals surface area contributed by atoms with Gasteiger partial charge >= 0.3 is 23.8 Å². The molecule has 1 aromatic carbocycles. The predicted molar refractivity (Wildman–Crippen MR) is 195 cm³/mol. The number of halogens is 1. The Morgan fingerprint density at radius 2 is 1.81 bits per heavy atom. The van der Waals surface area contributed by atoms with Gasteiger partial charge in [0.1, 0.15) is 5.69 Å². The van der Waals surface area contributed by atoms with E-state index in [0.717, 1.165) is 33.3 Å². The third kappa shape index (κ3) is 8.06. The number of nitrogens with two attached hydrogens (primary N) is 1. The van der Waals surface area contributed by atoms with Crippen LogP contribution in [0.5, 0.6) is 11.5 Å². The molecule has 9 N–H and O–H groups in total. The van der Waals surface area contributed by atoms with Gasteiger partial charge in [-0.3, -0.25) is 34.2 Å². The standard InChI is InChI=1S/C31H32ClN9O14S2/c1-30(2,27(50)51)55-38-20(14-10-56-29(33)35-14)16(43)9-13-23(47)39-11-31(28(52)53,57-26(13)39)40-7-8-41(25(49)24(40)48)36-17(44)5-6-34-22(46)19(37-54)12-3-4-15(42)21(45)18(12)32/h3-4,10,13,26,42,45,54H,5-9,11H2,1-2H3,(H2,33,35)(H,34,46)(H,36,44)(H,50,51)(H,52,53)/b37-19+,38-20-/t13?,26-,31-/m1/s1. The molecule has 0 aliphatic carbocycles. The second-order valence-electron chi connectivity index (χ2n) is 12.9. The van der Waals surface area contributed by atoms with Crippen molar-refractivity contribution in [2.24, 2.45) is 16.2 Å². The normalized spacial score (nSPS) is 21.2. The van der Waals surface area contributed by atoms with E-state index in [4.69, 9.17) is 22.2 Å². The number of anilines is 1. The molecular formula is C31H32ClN9O14S2. The Labute approximate surface area is 333 Å². The Kier molecular flexibility index (Phi) is 11.8. The van der Waals surface area contributed by atoms with E-state index >= 15 is 0 Å². The number of thiazole rings is 1. The maximum Gasteiger partial charge on any atom is 0.350 e. The summed E-state index contributed by atoms with van der Waals surface area (Å²) in [5.74, 6) is -11.4. The van der Waals surface area contributed by atoms with Gasteiger partial charge in [0, 0.05) is 36.9 Å². The molecule has 3 aliphatic rings. The lowest BCUT2D eigenvalue weighted by Gasteiger charge is -2.41. The zero-order chi connectivity index (χ0) is 42.1. The summed E-state index contributed by atoms with van der Waals surface area (Å²) < 4.78 is 0. The molecule has 3 aliphatic heterocycles. The van der Waals surface area contributed by atoms with Crippen LogP contribution in [0.1, 0.15) is 37.9 Å². The largest absolute Gasteiger partial charge is 0.504 e. The topological polar surface area (TPSA) is 344 Å². The van der Waals surface area contributed by atoms with Crippen molar-refractivity contribution in [2.75, 3.05) is 31.9 Å². The minimum Gasteiger partial charge on any atom is -0.504 e. The van der Waals surface area contributed by atoms with Gasteiger partial charge in [-0.15, -0.1) is 11.3 Å². The minimum absolute atomic E-state index is 0.0479. The van der Waals surface area contributed by atoms with Crippen molar-refractivity contribution in [1.82, 2.24) is 30.5 Å². The van der Waals surface area contributed by atoms with Crippen LogP contribution in [-0.2, 0) is 43.2 Å². The number of benzene rings is 1. The fraction of sp³-hybridized carbons (Fsp3) is 0.387. The molecule has 5 amide bonds. The summed E-state index contributed by atoms with van der Waals surface area (Å²) in [4.78, 5) is 112. The van der Waals surface area contributed by atoms with Crippen LogP contribution >= 0.6 is 34.7 Å². The first-order chi connectivity index (χ1) is 26.7. The first-order valence-corrected chi connectivity index (χ1v) is 18.5. The average Bonchev–Trinajstić information content (AvgIpc) is 3.75. The number of thioether (sulfide) groups is 1. The number of phenols is 2. The maximum absolute atomic E-state index is 13.5. The molecular weight excluding hydrogens is 822 g/mol. The number of aromatic nitrogens is 1. The number of hydrogen-bond acceptors (Lipinski definition) is 18. The molecule has 2 aromatic rings. The lowest BCUT2D eigenvalue weighted by Crippen LogP contribution is -2.67. The summed E-state index contributed by atoms with van der Waals surface area (Å²) in [6.07, 6.45) is -1.01. The van der Waals surface area contributed by atoms with Crippen LogP contribution in [-0.4, -0.2) is 146 Å². The second kappa shape index (κ2) is 16.1. The number of phenolic OH excluding ortho intramolecular Hbond substituents is 2. The van der Waals surface area contributed by atoms with E-state index in [1.54, 1.807) is 0 Å². The van der Waals surface area contributed by atoms with Crippen LogP contribution in [0.15, 0.2) is 27.8 Å². The van der Waals surface area contributed by atoms with Crippen LogP contribution in [0.3, 0.4) is 0 Å². The fourth-order valence-corrected chi connectivity index (χ4v) is 8.20. The van der Waals surface area contributed by atoms with Crippen molar-refractivity contribution in [1.29, 1.82) is 0 Å². The Hall–Kier alpha value is -6.21. The summed E-state index contributed by atoms with van der Waals surface area (Å²) in [7, 11) is 0. The van der Waals surface area contributed by atoms with E-state index in [1.165, 1.54) is 19.2 Å². The number of β-lactam (4-membered cyclic amide) rings is 1. The number of aromatic hydroxyl groups is 2. The van der Waals surface area contributed by atoms with Crippen molar-refractivity contribution >= 4 is 98.5 Å². The number of nitrogens with one attached hydrogen (secondary N) is 2.